The lowest BCUT2D eigenvalue weighted by Crippen LogP contribution is -2.64. The number of likely N-dealkylation sites (tertiary alicyclic amines) is 1. The van der Waals surface area contributed by atoms with E-state index in [1.165, 1.54) is 0 Å². The van der Waals surface area contributed by atoms with Gasteiger partial charge in [-0.15, -0.1) is 0 Å². The second-order valence-electron chi connectivity index (χ2n) is 18.7. The molecule has 1 aliphatic heterocycles. The number of carbonyl (C=O) groups is 5. The Morgan fingerprint density at radius 2 is 1.54 bits per heavy atom. The van der Waals surface area contributed by atoms with E-state index in [-0.39, 0.29) is 35.0 Å². The van der Waals surface area contributed by atoms with E-state index in [0.717, 1.165) is 38.5 Å². The molecule has 4 N–H and O–H groups in total. The quantitative estimate of drug-likeness (QED) is 0.223. The van der Waals surface area contributed by atoms with Gasteiger partial charge in [0.2, 0.25) is 17.6 Å². The number of hydrogen-bond donors (Lipinski definition) is 4. The van der Waals surface area contributed by atoms with Gasteiger partial charge in [0, 0.05) is 12.6 Å². The second kappa shape index (κ2) is 13.1. The number of ketones is 1. The Morgan fingerprint density at radius 1 is 0.920 bits per heavy atom. The first-order valence-corrected chi connectivity index (χ1v) is 20.4. The molecular weight excluding hydrogens is 659 g/mol. The molecule has 0 spiro atoms. The predicted octanol–water partition coefficient (Wildman–Crippen LogP) is 3.62. The molecular formula is C37H61N5O7S. The van der Waals surface area contributed by atoms with E-state index in [1.807, 2.05) is 27.7 Å². The van der Waals surface area contributed by atoms with E-state index >= 15 is 0 Å². The average Bonchev–Trinajstić information content (AvgIpc) is 3.94. The standard InChI is InChI=1S/C37H61N5O7S/c1-10-14-22-19-37(22,28(43)30(45)38-23-15-16-23)40-29(44)26-25-24(35(25,8)9)20-42(26)31(46)27(33(2,3)4)39-32(47)41-36(17-12-11-13-18-36)21-50(48,49)34(5,6)7/h22-27H,10-21H2,1-9H3,(H,38,45)(H,40,44)(H2,39,41,47)/t22-,24+,25+,26+,27-,37+/m1/s1. The Morgan fingerprint density at radius 3 is 2.08 bits per heavy atom. The van der Waals surface area contributed by atoms with Gasteiger partial charge in [-0.25, -0.2) is 13.2 Å². The van der Waals surface area contributed by atoms with Gasteiger partial charge in [-0.2, -0.15) is 0 Å². The van der Waals surface area contributed by atoms with Crippen LogP contribution in [0.2, 0.25) is 0 Å². The molecule has 4 saturated carbocycles. The third-order valence-electron chi connectivity index (χ3n) is 12.3. The number of piperidine rings is 1. The third-order valence-corrected chi connectivity index (χ3v) is 15.1. The molecule has 50 heavy (non-hydrogen) atoms. The summed E-state index contributed by atoms with van der Waals surface area (Å²) in [6, 6.07) is -2.49. The van der Waals surface area contributed by atoms with Crippen molar-refractivity contribution in [1.82, 2.24) is 26.2 Å². The monoisotopic (exact) mass is 719 g/mol. The fourth-order valence-corrected chi connectivity index (χ4v) is 10.2. The van der Waals surface area contributed by atoms with Crippen LogP contribution in [0.5, 0.6) is 0 Å². The van der Waals surface area contributed by atoms with Crippen LogP contribution in [0.1, 0.15) is 127 Å². The van der Waals surface area contributed by atoms with Crippen LogP contribution in [-0.2, 0) is 29.0 Å². The minimum atomic E-state index is -3.56. The van der Waals surface area contributed by atoms with Crippen molar-refractivity contribution in [3.05, 3.63) is 0 Å². The molecule has 282 valence electrons. The molecule has 5 fully saturated rings. The van der Waals surface area contributed by atoms with E-state index in [1.54, 1.807) is 25.7 Å². The van der Waals surface area contributed by atoms with Crippen molar-refractivity contribution >= 4 is 39.4 Å². The fraction of sp³-hybridized carbons (Fsp3) is 0.865. The van der Waals surface area contributed by atoms with Gasteiger partial charge in [-0.1, -0.05) is 67.2 Å². The van der Waals surface area contributed by atoms with Crippen LogP contribution >= 0.6 is 0 Å². The van der Waals surface area contributed by atoms with Crippen molar-refractivity contribution in [2.24, 2.45) is 28.6 Å². The summed E-state index contributed by atoms with van der Waals surface area (Å²) < 4.78 is 25.7. The van der Waals surface area contributed by atoms with Gasteiger partial charge >= 0.3 is 6.03 Å². The molecule has 12 nitrogen and oxygen atoms in total. The normalized spacial score (nSPS) is 30.4. The number of carbonyl (C=O) groups excluding carboxylic acids is 5. The predicted molar refractivity (Wildman–Crippen MR) is 191 cm³/mol. The van der Waals surface area contributed by atoms with Gasteiger partial charge in [-0.05, 0) is 87.9 Å². The van der Waals surface area contributed by atoms with Gasteiger partial charge in [0.25, 0.3) is 5.91 Å². The number of nitrogens with zero attached hydrogens (tertiary/aromatic N) is 1. The van der Waals surface area contributed by atoms with Crippen molar-refractivity contribution in [3.8, 4) is 0 Å². The molecule has 0 radical (unpaired) electrons. The highest BCUT2D eigenvalue weighted by atomic mass is 32.2. The minimum absolute atomic E-state index is 0.00783. The molecule has 5 aliphatic rings. The van der Waals surface area contributed by atoms with Crippen LogP contribution in [0.4, 0.5) is 4.79 Å². The molecule has 0 bridgehead atoms. The Balaban J connectivity index is 1.36. The second-order valence-corrected chi connectivity index (χ2v) is 21.5. The first-order valence-electron chi connectivity index (χ1n) is 18.8. The average molecular weight is 720 g/mol. The molecule has 0 aromatic heterocycles. The Bertz CT molecular complexity index is 1500. The lowest BCUT2D eigenvalue weighted by molar-refractivity contribution is -0.146. The van der Waals surface area contributed by atoms with Crippen LogP contribution < -0.4 is 21.3 Å². The number of amides is 5. The largest absolute Gasteiger partial charge is 0.347 e. The zero-order valence-corrected chi connectivity index (χ0v) is 32.5. The van der Waals surface area contributed by atoms with Gasteiger partial charge in [0.1, 0.15) is 17.6 Å². The smallest absolute Gasteiger partial charge is 0.315 e. The first-order chi connectivity index (χ1) is 23.0. The van der Waals surface area contributed by atoms with E-state index in [2.05, 4.69) is 35.1 Å². The van der Waals surface area contributed by atoms with Crippen LogP contribution in [0.15, 0.2) is 0 Å². The maximum Gasteiger partial charge on any atom is 0.315 e. The van der Waals surface area contributed by atoms with Crippen LogP contribution in [0.25, 0.3) is 0 Å². The van der Waals surface area contributed by atoms with E-state index in [0.29, 0.717) is 32.2 Å². The number of sulfone groups is 1. The lowest BCUT2D eigenvalue weighted by Gasteiger charge is -2.41. The number of Topliss-reactive ketones (excluding diaryl/α,β-unsaturated/α-hetero) is 1. The van der Waals surface area contributed by atoms with Gasteiger partial charge < -0.3 is 26.2 Å². The molecule has 0 aromatic carbocycles. The summed E-state index contributed by atoms with van der Waals surface area (Å²) in [6.45, 7) is 17.0. The lowest BCUT2D eigenvalue weighted by atomic mass is 9.83. The van der Waals surface area contributed by atoms with E-state index in [4.69, 9.17) is 0 Å². The summed E-state index contributed by atoms with van der Waals surface area (Å²) in [5.74, 6) is -2.51. The van der Waals surface area contributed by atoms with Gasteiger partial charge in [0.15, 0.2) is 9.84 Å². The molecule has 5 rings (SSSR count). The minimum Gasteiger partial charge on any atom is -0.347 e. The van der Waals surface area contributed by atoms with Crippen LogP contribution in [-0.4, -0.2) is 89.1 Å². The molecule has 1 saturated heterocycles. The SMILES string of the molecule is CCC[C@@H]1C[C@@]1(NC(=O)[C@@H]1[C@@H]2[C@H](CN1C(=O)[C@@H](NC(=O)NC1(CS(=O)(=O)C(C)(C)C)CCCCC1)C(C)(C)C)C2(C)C)C(=O)C(=O)NC1CC1. The molecule has 0 aromatic rings. The van der Waals surface area contributed by atoms with Crippen molar-refractivity contribution in [1.29, 1.82) is 0 Å². The number of urea groups is 1. The highest BCUT2D eigenvalue weighted by Gasteiger charge is 2.71. The summed E-state index contributed by atoms with van der Waals surface area (Å²) in [6.07, 6.45) is 7.14. The summed E-state index contributed by atoms with van der Waals surface area (Å²) in [7, 11) is -3.56. The highest BCUT2D eigenvalue weighted by molar-refractivity contribution is 7.92. The van der Waals surface area contributed by atoms with Gasteiger partial charge in [-0.3, -0.25) is 19.2 Å². The zero-order chi connectivity index (χ0) is 37.2. The number of fused-ring (bicyclic) bond motifs is 1. The fourth-order valence-electron chi connectivity index (χ4n) is 8.64. The summed E-state index contributed by atoms with van der Waals surface area (Å²) in [4.78, 5) is 70.7. The third kappa shape index (κ3) is 7.44. The summed E-state index contributed by atoms with van der Waals surface area (Å²) in [5, 5.41) is 11.7. The Kier molecular flexibility index (Phi) is 10.1. The molecule has 1 heterocycles. The molecule has 5 amide bonds. The maximum absolute atomic E-state index is 14.5. The van der Waals surface area contributed by atoms with E-state index < -0.39 is 72.7 Å². The van der Waals surface area contributed by atoms with Crippen LogP contribution in [0.3, 0.4) is 0 Å². The van der Waals surface area contributed by atoms with Crippen molar-refractivity contribution in [2.45, 2.75) is 160 Å². The van der Waals surface area contributed by atoms with E-state index in [9.17, 15) is 32.4 Å². The summed E-state index contributed by atoms with van der Waals surface area (Å²) in [5.41, 5.74) is -3.18. The zero-order valence-electron chi connectivity index (χ0n) is 31.7. The van der Waals surface area contributed by atoms with Crippen molar-refractivity contribution < 1.29 is 32.4 Å². The number of hydrogen-bond acceptors (Lipinski definition) is 7. The Hall–Kier alpha value is -2.70. The molecule has 13 heteroatoms. The summed E-state index contributed by atoms with van der Waals surface area (Å²) >= 11 is 0. The van der Waals surface area contributed by atoms with Crippen molar-refractivity contribution in [2.75, 3.05) is 12.3 Å². The molecule has 4 aliphatic carbocycles. The number of nitrogens with one attached hydrogen (secondary N) is 4. The Labute approximate surface area is 298 Å². The highest BCUT2D eigenvalue weighted by Crippen LogP contribution is 2.65. The number of rotatable bonds is 12. The maximum atomic E-state index is 14.5. The van der Waals surface area contributed by atoms with Gasteiger partial charge in [0.05, 0.1) is 16.0 Å². The van der Waals surface area contributed by atoms with Crippen molar-refractivity contribution in [3.63, 3.8) is 0 Å². The molecule has 6 atom stereocenters. The topological polar surface area (TPSA) is 171 Å². The first kappa shape index (κ1) is 38.5. The van der Waals surface area contributed by atoms with Crippen LogP contribution in [0, 0.1) is 28.6 Å². The molecule has 0 unspecified atom stereocenters.